The number of pyridine rings is 1. The summed E-state index contributed by atoms with van der Waals surface area (Å²) in [7, 11) is 2.87. The first kappa shape index (κ1) is 23.2. The molecule has 8 nitrogen and oxygen atoms in total. The van der Waals surface area contributed by atoms with E-state index in [4.69, 9.17) is 21.7 Å². The highest BCUT2D eigenvalue weighted by molar-refractivity contribution is 7.80. The first-order valence-corrected chi connectivity index (χ1v) is 10.9. The molecular formula is C25H24N4O4S. The van der Waals surface area contributed by atoms with E-state index in [1.54, 1.807) is 49.8 Å². The largest absolute Gasteiger partial charge is 0.497 e. The number of rotatable bonds is 6. The molecule has 0 N–H and O–H groups in total. The summed E-state index contributed by atoms with van der Waals surface area (Å²) in [5.41, 5.74) is 4.53. The Balaban J connectivity index is 1.79. The predicted molar refractivity (Wildman–Crippen MR) is 133 cm³/mol. The Morgan fingerprint density at radius 2 is 1.85 bits per heavy atom. The molecule has 0 spiro atoms. The van der Waals surface area contributed by atoms with Crippen molar-refractivity contribution in [2.75, 3.05) is 25.7 Å². The number of anilines is 1. The molecular weight excluding hydrogens is 452 g/mol. The van der Waals surface area contributed by atoms with Crippen LogP contribution in [0.5, 0.6) is 5.75 Å². The molecule has 0 aliphatic carbocycles. The number of nitrogens with zero attached hydrogens (tertiary/aromatic N) is 4. The van der Waals surface area contributed by atoms with Gasteiger partial charge >= 0.3 is 5.97 Å². The zero-order chi connectivity index (χ0) is 24.4. The second-order valence-corrected chi connectivity index (χ2v) is 8.05. The Morgan fingerprint density at radius 1 is 1.12 bits per heavy atom. The van der Waals surface area contributed by atoms with Crippen molar-refractivity contribution >= 4 is 41.0 Å². The average Bonchev–Trinajstić information content (AvgIpc) is 3.26. The Kier molecular flexibility index (Phi) is 6.47. The van der Waals surface area contributed by atoms with Crippen LogP contribution in [0.25, 0.3) is 11.8 Å². The monoisotopic (exact) mass is 476 g/mol. The van der Waals surface area contributed by atoms with E-state index in [2.05, 4.69) is 9.55 Å². The molecule has 0 atom stereocenters. The van der Waals surface area contributed by atoms with Gasteiger partial charge in [0, 0.05) is 17.6 Å². The van der Waals surface area contributed by atoms with Crippen LogP contribution in [-0.2, 0) is 14.3 Å². The lowest BCUT2D eigenvalue weighted by atomic mass is 10.2. The summed E-state index contributed by atoms with van der Waals surface area (Å²) < 4.78 is 12.1. The van der Waals surface area contributed by atoms with Gasteiger partial charge in [-0.25, -0.2) is 0 Å². The number of aryl methyl sites for hydroxylation is 1. The highest BCUT2D eigenvalue weighted by atomic mass is 32.1. The second kappa shape index (κ2) is 9.48. The molecule has 9 heteroatoms. The molecule has 0 saturated carbocycles. The highest BCUT2D eigenvalue weighted by Gasteiger charge is 2.40. The van der Waals surface area contributed by atoms with Gasteiger partial charge in [-0.2, -0.15) is 0 Å². The number of carbonyl (C=O) groups is 2. The third-order valence-corrected chi connectivity index (χ3v) is 6.05. The van der Waals surface area contributed by atoms with Gasteiger partial charge in [-0.05, 0) is 80.2 Å². The number of aromatic nitrogens is 2. The van der Waals surface area contributed by atoms with Crippen LogP contribution in [-0.4, -0.2) is 52.2 Å². The molecule has 3 aromatic rings. The number of benzene rings is 1. The minimum absolute atomic E-state index is 0.180. The maximum Gasteiger partial charge on any atom is 0.325 e. The van der Waals surface area contributed by atoms with Crippen LogP contribution < -0.4 is 9.64 Å². The molecule has 0 radical (unpaired) electrons. The van der Waals surface area contributed by atoms with Crippen molar-refractivity contribution in [3.05, 3.63) is 77.5 Å². The summed E-state index contributed by atoms with van der Waals surface area (Å²) in [5, 5.41) is 0.202. The van der Waals surface area contributed by atoms with Gasteiger partial charge < -0.3 is 18.9 Å². The van der Waals surface area contributed by atoms with E-state index in [9.17, 15) is 9.59 Å². The Hall–Kier alpha value is -3.98. The summed E-state index contributed by atoms with van der Waals surface area (Å²) in [4.78, 5) is 32.8. The van der Waals surface area contributed by atoms with E-state index in [0.29, 0.717) is 11.4 Å². The Morgan fingerprint density at radius 3 is 2.47 bits per heavy atom. The van der Waals surface area contributed by atoms with Crippen molar-refractivity contribution in [3.63, 3.8) is 0 Å². The van der Waals surface area contributed by atoms with Crippen molar-refractivity contribution in [1.29, 1.82) is 0 Å². The number of carbonyl (C=O) groups excluding carboxylic acids is 2. The maximum absolute atomic E-state index is 13.6. The van der Waals surface area contributed by atoms with Gasteiger partial charge in [-0.3, -0.25) is 19.5 Å². The Bertz CT molecular complexity index is 1280. The standard InChI is InChI=1S/C25H24N4O4S/c1-16-12-18(17(2)28(16)20-6-5-11-26-14-20)13-22-24(31)29(19-7-9-21(32-3)10-8-19)25(34)27(22)15-23(30)33-4/h5-14H,15H2,1-4H3/b22-13-. The summed E-state index contributed by atoms with van der Waals surface area (Å²) in [6, 6.07) is 12.8. The molecule has 1 fully saturated rings. The van der Waals surface area contributed by atoms with E-state index in [-0.39, 0.29) is 23.3 Å². The predicted octanol–water partition coefficient (Wildman–Crippen LogP) is 3.65. The van der Waals surface area contributed by atoms with Gasteiger partial charge in [0.2, 0.25) is 0 Å². The molecule has 1 amide bonds. The van der Waals surface area contributed by atoms with Crippen molar-refractivity contribution in [1.82, 2.24) is 14.5 Å². The van der Waals surface area contributed by atoms with Crippen molar-refractivity contribution in [2.24, 2.45) is 0 Å². The van der Waals surface area contributed by atoms with E-state index >= 15 is 0 Å². The minimum Gasteiger partial charge on any atom is -0.497 e. The molecule has 0 bridgehead atoms. The van der Waals surface area contributed by atoms with E-state index in [1.165, 1.54) is 16.9 Å². The topological polar surface area (TPSA) is 76.9 Å². The average molecular weight is 477 g/mol. The van der Waals surface area contributed by atoms with Crippen molar-refractivity contribution in [3.8, 4) is 11.4 Å². The van der Waals surface area contributed by atoms with Crippen LogP contribution in [0.1, 0.15) is 17.0 Å². The lowest BCUT2D eigenvalue weighted by molar-refractivity contribution is -0.140. The van der Waals surface area contributed by atoms with Crippen LogP contribution in [0.15, 0.2) is 60.6 Å². The molecule has 3 heterocycles. The van der Waals surface area contributed by atoms with Crippen LogP contribution in [0.3, 0.4) is 0 Å². The quantitative estimate of drug-likeness (QED) is 0.305. The SMILES string of the molecule is COC(=O)CN1C(=S)N(c2ccc(OC)cc2)C(=O)/C1=C/c1cc(C)n(-c2cccnc2)c1C. The molecule has 1 saturated heterocycles. The third kappa shape index (κ3) is 4.17. The molecule has 1 aliphatic rings. The fraction of sp³-hybridized carbons (Fsp3) is 0.200. The zero-order valence-corrected chi connectivity index (χ0v) is 20.1. The Labute approximate surface area is 203 Å². The lowest BCUT2D eigenvalue weighted by Crippen LogP contribution is -2.35. The van der Waals surface area contributed by atoms with E-state index in [1.807, 2.05) is 32.0 Å². The van der Waals surface area contributed by atoms with E-state index in [0.717, 1.165) is 22.6 Å². The molecule has 0 unspecified atom stereocenters. The first-order chi connectivity index (χ1) is 16.3. The fourth-order valence-corrected chi connectivity index (χ4v) is 4.30. The number of thiocarbonyl (C=S) groups is 1. The number of amides is 1. The van der Waals surface area contributed by atoms with Gasteiger partial charge in [0.15, 0.2) is 5.11 Å². The van der Waals surface area contributed by atoms with E-state index < -0.39 is 5.97 Å². The van der Waals surface area contributed by atoms with Crippen LogP contribution in [0.4, 0.5) is 5.69 Å². The third-order valence-electron chi connectivity index (χ3n) is 5.65. The highest BCUT2D eigenvalue weighted by Crippen LogP contribution is 2.31. The lowest BCUT2D eigenvalue weighted by Gasteiger charge is -2.19. The van der Waals surface area contributed by atoms with Gasteiger partial charge in [-0.1, -0.05) is 0 Å². The van der Waals surface area contributed by atoms with Crippen LogP contribution >= 0.6 is 12.2 Å². The normalized spacial score (nSPS) is 14.8. The molecule has 2 aromatic heterocycles. The summed E-state index contributed by atoms with van der Waals surface area (Å²) in [6.45, 7) is 3.77. The van der Waals surface area contributed by atoms with Gasteiger partial charge in [-0.15, -0.1) is 0 Å². The summed E-state index contributed by atoms with van der Waals surface area (Å²) >= 11 is 5.62. The molecule has 174 valence electrons. The van der Waals surface area contributed by atoms with Gasteiger partial charge in [0.1, 0.15) is 18.0 Å². The van der Waals surface area contributed by atoms with Crippen LogP contribution in [0.2, 0.25) is 0 Å². The number of hydrogen-bond acceptors (Lipinski definition) is 6. The van der Waals surface area contributed by atoms with Gasteiger partial charge in [0.25, 0.3) is 5.91 Å². The summed E-state index contributed by atoms with van der Waals surface area (Å²) in [6.07, 6.45) is 5.26. The zero-order valence-electron chi connectivity index (χ0n) is 19.3. The smallest absolute Gasteiger partial charge is 0.325 e. The van der Waals surface area contributed by atoms with Gasteiger partial charge in [0.05, 0.1) is 31.8 Å². The van der Waals surface area contributed by atoms with Crippen molar-refractivity contribution < 1.29 is 19.1 Å². The number of methoxy groups -OCH3 is 2. The van der Waals surface area contributed by atoms with Crippen LogP contribution in [0, 0.1) is 13.8 Å². The van der Waals surface area contributed by atoms with Crippen molar-refractivity contribution in [2.45, 2.75) is 13.8 Å². The molecule has 34 heavy (non-hydrogen) atoms. The summed E-state index contributed by atoms with van der Waals surface area (Å²) in [5.74, 6) is -0.171. The maximum atomic E-state index is 13.6. The molecule has 4 rings (SSSR count). The molecule has 1 aromatic carbocycles. The minimum atomic E-state index is -0.501. The number of esters is 1. The molecule has 1 aliphatic heterocycles. The number of ether oxygens (including phenoxy) is 2. The fourth-order valence-electron chi connectivity index (χ4n) is 3.95. The number of hydrogen-bond donors (Lipinski definition) is 0. The second-order valence-electron chi connectivity index (χ2n) is 7.69. The first-order valence-electron chi connectivity index (χ1n) is 10.5.